The van der Waals surface area contributed by atoms with Gasteiger partial charge in [-0.3, -0.25) is 4.90 Å². The van der Waals surface area contributed by atoms with Crippen LogP contribution in [0, 0.1) is 0 Å². The Bertz CT molecular complexity index is 734. The number of anilines is 2. The summed E-state index contributed by atoms with van der Waals surface area (Å²) < 4.78 is 0. The molecule has 0 radical (unpaired) electrons. The molecule has 0 aliphatic carbocycles. The fourth-order valence-corrected chi connectivity index (χ4v) is 2.13. The van der Waals surface area contributed by atoms with E-state index in [1.165, 1.54) is 30.1 Å². The number of rotatable bonds is 3. The maximum atomic E-state index is 12.2. The summed E-state index contributed by atoms with van der Waals surface area (Å²) in [6.45, 7) is 0. The minimum atomic E-state index is -1.36. The Labute approximate surface area is 137 Å². The molecular formula is C15H11Cl2N2O3-. The molecule has 0 unspecified atom stereocenters. The number of nitrogens with one attached hydrogen (secondary N) is 1. The lowest BCUT2D eigenvalue weighted by Crippen LogP contribution is -2.34. The van der Waals surface area contributed by atoms with Gasteiger partial charge in [0.15, 0.2) is 0 Å². The van der Waals surface area contributed by atoms with Crippen LogP contribution in [0.25, 0.3) is 0 Å². The van der Waals surface area contributed by atoms with Crippen molar-refractivity contribution in [3.63, 3.8) is 0 Å². The molecule has 0 fully saturated rings. The maximum absolute atomic E-state index is 12.2. The van der Waals surface area contributed by atoms with E-state index in [1.807, 2.05) is 0 Å². The zero-order valence-corrected chi connectivity index (χ0v) is 13.0. The van der Waals surface area contributed by atoms with Crippen LogP contribution in [0.15, 0.2) is 42.5 Å². The van der Waals surface area contributed by atoms with Crippen LogP contribution >= 0.6 is 23.2 Å². The number of benzene rings is 2. The first-order valence-corrected chi connectivity index (χ1v) is 6.96. The highest BCUT2D eigenvalue weighted by Gasteiger charge is 2.15. The third-order valence-electron chi connectivity index (χ3n) is 2.96. The van der Waals surface area contributed by atoms with Crippen molar-refractivity contribution < 1.29 is 14.7 Å². The van der Waals surface area contributed by atoms with Crippen molar-refractivity contribution in [1.82, 2.24) is 0 Å². The first kappa shape index (κ1) is 16.1. The largest absolute Gasteiger partial charge is 0.545 e. The second kappa shape index (κ2) is 6.68. The normalized spacial score (nSPS) is 10.1. The van der Waals surface area contributed by atoms with Crippen LogP contribution < -0.4 is 15.3 Å². The van der Waals surface area contributed by atoms with E-state index in [1.54, 1.807) is 24.3 Å². The molecule has 0 bridgehead atoms. The van der Waals surface area contributed by atoms with Gasteiger partial charge in [0.1, 0.15) is 0 Å². The summed E-state index contributed by atoms with van der Waals surface area (Å²) in [5.41, 5.74) is 0.589. The van der Waals surface area contributed by atoms with Gasteiger partial charge in [-0.15, -0.1) is 0 Å². The van der Waals surface area contributed by atoms with Crippen molar-refractivity contribution in [1.29, 1.82) is 0 Å². The van der Waals surface area contributed by atoms with Gasteiger partial charge in [0.05, 0.1) is 21.7 Å². The molecular weight excluding hydrogens is 327 g/mol. The van der Waals surface area contributed by atoms with E-state index < -0.39 is 12.0 Å². The number of urea groups is 1. The molecule has 22 heavy (non-hydrogen) atoms. The van der Waals surface area contributed by atoms with E-state index in [0.29, 0.717) is 15.7 Å². The number of nitrogens with zero attached hydrogens (tertiary/aromatic N) is 1. The fourth-order valence-electron chi connectivity index (χ4n) is 1.83. The molecule has 0 saturated heterocycles. The van der Waals surface area contributed by atoms with Crippen molar-refractivity contribution in [3.8, 4) is 0 Å². The van der Waals surface area contributed by atoms with Gasteiger partial charge in [0.25, 0.3) is 0 Å². The monoisotopic (exact) mass is 337 g/mol. The van der Waals surface area contributed by atoms with Gasteiger partial charge in [-0.2, -0.15) is 0 Å². The SMILES string of the molecule is CN(C(=O)Nc1ccc(Cl)c(Cl)c1)c1ccccc1C(=O)[O-]. The van der Waals surface area contributed by atoms with Gasteiger partial charge in [0.2, 0.25) is 0 Å². The number of carboxylic acids is 1. The molecule has 114 valence electrons. The van der Waals surface area contributed by atoms with Crippen LogP contribution in [-0.2, 0) is 0 Å². The smallest absolute Gasteiger partial charge is 0.326 e. The lowest BCUT2D eigenvalue weighted by molar-refractivity contribution is -0.254. The number of amides is 2. The Morgan fingerprint density at radius 2 is 1.77 bits per heavy atom. The molecule has 0 aliphatic heterocycles. The van der Waals surface area contributed by atoms with Crippen LogP contribution in [-0.4, -0.2) is 19.0 Å². The van der Waals surface area contributed by atoms with E-state index >= 15 is 0 Å². The topological polar surface area (TPSA) is 72.5 Å². The molecule has 5 nitrogen and oxygen atoms in total. The van der Waals surface area contributed by atoms with Crippen molar-refractivity contribution in [2.45, 2.75) is 0 Å². The summed E-state index contributed by atoms with van der Waals surface area (Å²) in [5.74, 6) is -1.36. The van der Waals surface area contributed by atoms with Crippen molar-refractivity contribution >= 4 is 46.6 Å². The summed E-state index contributed by atoms with van der Waals surface area (Å²) in [6.07, 6.45) is 0. The van der Waals surface area contributed by atoms with E-state index in [-0.39, 0.29) is 11.3 Å². The van der Waals surface area contributed by atoms with Crippen molar-refractivity contribution in [3.05, 3.63) is 58.1 Å². The molecule has 2 aromatic carbocycles. The lowest BCUT2D eigenvalue weighted by atomic mass is 10.1. The summed E-state index contributed by atoms with van der Waals surface area (Å²) in [5, 5.41) is 14.4. The summed E-state index contributed by atoms with van der Waals surface area (Å²) in [7, 11) is 1.45. The first-order chi connectivity index (χ1) is 10.4. The molecule has 2 aromatic rings. The predicted molar refractivity (Wildman–Crippen MR) is 84.7 cm³/mol. The Balaban J connectivity index is 2.22. The van der Waals surface area contributed by atoms with Crippen molar-refractivity contribution in [2.24, 2.45) is 0 Å². The highest BCUT2D eigenvalue weighted by Crippen LogP contribution is 2.26. The van der Waals surface area contributed by atoms with Gasteiger partial charge in [-0.05, 0) is 24.3 Å². The predicted octanol–water partition coefficient (Wildman–Crippen LogP) is 3.03. The number of hydrogen-bond acceptors (Lipinski definition) is 3. The average molecular weight is 338 g/mol. The number of para-hydroxylation sites is 1. The maximum Gasteiger partial charge on any atom is 0.326 e. The van der Waals surface area contributed by atoms with Crippen molar-refractivity contribution in [2.75, 3.05) is 17.3 Å². The molecule has 0 heterocycles. The minimum Gasteiger partial charge on any atom is -0.545 e. The quantitative estimate of drug-likeness (QED) is 0.935. The Hall–Kier alpha value is -2.24. The van der Waals surface area contributed by atoms with Crippen LogP contribution in [0.5, 0.6) is 0 Å². The number of aromatic carboxylic acids is 1. The number of hydrogen-bond donors (Lipinski definition) is 1. The number of carboxylic acid groups (broad SMARTS) is 1. The number of carbonyl (C=O) groups excluding carboxylic acids is 2. The standard InChI is InChI=1S/C15H12Cl2N2O3/c1-19(13-5-3-2-4-10(13)14(20)21)15(22)18-9-6-7-11(16)12(17)8-9/h2-8H,1H3,(H,18,22)(H,20,21)/p-1. The molecule has 0 atom stereocenters. The van der Waals surface area contributed by atoms with Gasteiger partial charge >= 0.3 is 6.03 Å². The van der Waals surface area contributed by atoms with Crippen LogP contribution in [0.4, 0.5) is 16.2 Å². The lowest BCUT2D eigenvalue weighted by Gasteiger charge is -2.21. The van der Waals surface area contributed by atoms with Crippen LogP contribution in [0.3, 0.4) is 0 Å². The van der Waals surface area contributed by atoms with E-state index in [4.69, 9.17) is 23.2 Å². The average Bonchev–Trinajstić information content (AvgIpc) is 2.50. The molecule has 2 amide bonds. The summed E-state index contributed by atoms with van der Waals surface area (Å²) >= 11 is 11.7. The molecule has 7 heteroatoms. The van der Waals surface area contributed by atoms with Gasteiger partial charge < -0.3 is 15.2 Å². The second-order valence-electron chi connectivity index (χ2n) is 4.42. The third-order valence-corrected chi connectivity index (χ3v) is 3.70. The molecule has 0 aliphatic rings. The molecule has 2 rings (SSSR count). The Morgan fingerprint density at radius 1 is 1.09 bits per heavy atom. The second-order valence-corrected chi connectivity index (χ2v) is 5.24. The Kier molecular flexibility index (Phi) is 4.90. The third kappa shape index (κ3) is 3.50. The fraction of sp³-hybridized carbons (Fsp3) is 0.0667. The van der Waals surface area contributed by atoms with E-state index in [0.717, 1.165) is 0 Å². The molecule has 0 aromatic heterocycles. The molecule has 1 N–H and O–H groups in total. The van der Waals surface area contributed by atoms with Gasteiger partial charge in [-0.1, -0.05) is 41.4 Å². The highest BCUT2D eigenvalue weighted by molar-refractivity contribution is 6.42. The molecule has 0 spiro atoms. The first-order valence-electron chi connectivity index (χ1n) is 6.20. The zero-order chi connectivity index (χ0) is 16.3. The minimum absolute atomic E-state index is 0.0747. The Morgan fingerprint density at radius 3 is 2.41 bits per heavy atom. The highest BCUT2D eigenvalue weighted by atomic mass is 35.5. The van der Waals surface area contributed by atoms with E-state index in [2.05, 4.69) is 5.32 Å². The van der Waals surface area contributed by atoms with E-state index in [9.17, 15) is 14.7 Å². The molecule has 0 saturated carbocycles. The van der Waals surface area contributed by atoms with Crippen LogP contribution in [0.1, 0.15) is 10.4 Å². The number of halogens is 2. The van der Waals surface area contributed by atoms with Gasteiger partial charge in [0, 0.05) is 18.3 Å². The number of carbonyl (C=O) groups is 2. The van der Waals surface area contributed by atoms with Crippen LogP contribution in [0.2, 0.25) is 10.0 Å². The zero-order valence-electron chi connectivity index (χ0n) is 11.5. The van der Waals surface area contributed by atoms with Gasteiger partial charge in [-0.25, -0.2) is 4.79 Å². The summed E-state index contributed by atoms with van der Waals surface area (Å²) in [6, 6.07) is 10.2. The summed E-state index contributed by atoms with van der Waals surface area (Å²) in [4.78, 5) is 24.5.